The van der Waals surface area contributed by atoms with Crippen LogP contribution in [0.15, 0.2) is 17.8 Å². The summed E-state index contributed by atoms with van der Waals surface area (Å²) in [5, 5.41) is 5.72. The van der Waals surface area contributed by atoms with Crippen LogP contribution in [0.2, 0.25) is 5.02 Å². The standard InChI is InChI=1S/C10H10ClN3S/c1-6-8(9-7(11)3-4-15-9)13-5-14-10(6)12-2/h3-5H,1-2H3,(H,12,13,14). The number of nitrogens with zero attached hydrogens (tertiary/aromatic N) is 2. The Labute approximate surface area is 97.2 Å². The van der Waals surface area contributed by atoms with E-state index in [1.807, 2.05) is 25.4 Å². The Hall–Kier alpha value is -1.13. The molecule has 0 amide bonds. The van der Waals surface area contributed by atoms with Crippen LogP contribution >= 0.6 is 22.9 Å². The molecule has 0 saturated heterocycles. The van der Waals surface area contributed by atoms with Gasteiger partial charge in [0.05, 0.1) is 15.6 Å². The number of halogens is 1. The van der Waals surface area contributed by atoms with Gasteiger partial charge in [-0.15, -0.1) is 11.3 Å². The smallest absolute Gasteiger partial charge is 0.132 e. The van der Waals surface area contributed by atoms with Gasteiger partial charge in [0.2, 0.25) is 0 Å². The van der Waals surface area contributed by atoms with Gasteiger partial charge in [-0.3, -0.25) is 0 Å². The van der Waals surface area contributed by atoms with Crippen LogP contribution in [0.1, 0.15) is 5.56 Å². The van der Waals surface area contributed by atoms with E-state index in [0.29, 0.717) is 0 Å². The molecule has 0 atom stereocenters. The first-order chi connectivity index (χ1) is 7.24. The molecule has 0 saturated carbocycles. The third-order valence-corrected chi connectivity index (χ3v) is 3.50. The van der Waals surface area contributed by atoms with Gasteiger partial charge in [-0.05, 0) is 18.4 Å². The molecule has 0 radical (unpaired) electrons. The molecule has 0 aromatic carbocycles. The lowest BCUT2D eigenvalue weighted by Gasteiger charge is -2.07. The van der Waals surface area contributed by atoms with Gasteiger partial charge in [0.15, 0.2) is 0 Å². The Balaban J connectivity index is 2.59. The normalized spacial score (nSPS) is 10.3. The second-order valence-electron chi connectivity index (χ2n) is 3.04. The van der Waals surface area contributed by atoms with Crippen molar-refractivity contribution < 1.29 is 0 Å². The fourth-order valence-electron chi connectivity index (χ4n) is 1.39. The molecule has 0 fully saturated rings. The van der Waals surface area contributed by atoms with Gasteiger partial charge in [0.1, 0.15) is 12.1 Å². The van der Waals surface area contributed by atoms with Gasteiger partial charge < -0.3 is 5.32 Å². The third-order valence-electron chi connectivity index (χ3n) is 2.15. The van der Waals surface area contributed by atoms with Crippen LogP contribution in [-0.2, 0) is 0 Å². The molecule has 5 heteroatoms. The van der Waals surface area contributed by atoms with Crippen molar-refractivity contribution >= 4 is 28.8 Å². The Kier molecular flexibility index (Phi) is 2.88. The molecular formula is C10H10ClN3S. The molecule has 2 aromatic rings. The fourth-order valence-corrected chi connectivity index (χ4v) is 2.59. The average Bonchev–Trinajstić information content (AvgIpc) is 2.65. The van der Waals surface area contributed by atoms with E-state index in [0.717, 1.165) is 27.0 Å². The number of anilines is 1. The number of hydrogen-bond donors (Lipinski definition) is 1. The van der Waals surface area contributed by atoms with E-state index in [4.69, 9.17) is 11.6 Å². The van der Waals surface area contributed by atoms with Crippen LogP contribution in [0.3, 0.4) is 0 Å². The Bertz CT molecular complexity index is 481. The molecule has 2 aromatic heterocycles. The van der Waals surface area contributed by atoms with Crippen LogP contribution in [-0.4, -0.2) is 17.0 Å². The summed E-state index contributed by atoms with van der Waals surface area (Å²) in [6, 6.07) is 1.88. The second kappa shape index (κ2) is 4.16. The number of nitrogens with one attached hydrogen (secondary N) is 1. The molecular weight excluding hydrogens is 230 g/mol. The molecule has 78 valence electrons. The van der Waals surface area contributed by atoms with E-state index in [2.05, 4.69) is 15.3 Å². The molecule has 0 aliphatic rings. The Morgan fingerprint density at radius 2 is 2.20 bits per heavy atom. The summed E-state index contributed by atoms with van der Waals surface area (Å²) in [6.45, 7) is 1.98. The number of aromatic nitrogens is 2. The maximum atomic E-state index is 6.07. The van der Waals surface area contributed by atoms with Gasteiger partial charge in [-0.1, -0.05) is 11.6 Å². The van der Waals surface area contributed by atoms with Gasteiger partial charge in [-0.2, -0.15) is 0 Å². The minimum atomic E-state index is 0.740. The van der Waals surface area contributed by atoms with Crippen molar-refractivity contribution in [3.8, 4) is 10.6 Å². The Morgan fingerprint density at radius 3 is 2.80 bits per heavy atom. The van der Waals surface area contributed by atoms with Crippen LogP contribution < -0.4 is 5.32 Å². The number of thiophene rings is 1. The summed E-state index contributed by atoms with van der Waals surface area (Å²) >= 11 is 7.66. The number of hydrogen-bond acceptors (Lipinski definition) is 4. The van der Waals surface area contributed by atoms with E-state index < -0.39 is 0 Å². The molecule has 0 spiro atoms. The topological polar surface area (TPSA) is 37.8 Å². The summed E-state index contributed by atoms with van der Waals surface area (Å²) < 4.78 is 0. The van der Waals surface area contributed by atoms with Crippen molar-refractivity contribution in [1.82, 2.24) is 9.97 Å². The van der Waals surface area contributed by atoms with Crippen molar-refractivity contribution in [2.24, 2.45) is 0 Å². The van der Waals surface area contributed by atoms with Crippen molar-refractivity contribution in [1.29, 1.82) is 0 Å². The lowest BCUT2D eigenvalue weighted by atomic mass is 10.2. The molecule has 1 N–H and O–H groups in total. The average molecular weight is 240 g/mol. The largest absolute Gasteiger partial charge is 0.373 e. The second-order valence-corrected chi connectivity index (χ2v) is 4.37. The maximum Gasteiger partial charge on any atom is 0.132 e. The lowest BCUT2D eigenvalue weighted by Crippen LogP contribution is -1.98. The van der Waals surface area contributed by atoms with Crippen molar-refractivity contribution in [2.45, 2.75) is 6.92 Å². The Morgan fingerprint density at radius 1 is 1.40 bits per heavy atom. The zero-order chi connectivity index (χ0) is 10.8. The summed E-state index contributed by atoms with van der Waals surface area (Å²) in [4.78, 5) is 9.39. The molecule has 2 heterocycles. The first-order valence-electron chi connectivity index (χ1n) is 4.46. The van der Waals surface area contributed by atoms with E-state index >= 15 is 0 Å². The molecule has 0 aliphatic heterocycles. The first kappa shape index (κ1) is 10.4. The highest BCUT2D eigenvalue weighted by atomic mass is 35.5. The third kappa shape index (κ3) is 1.82. The van der Waals surface area contributed by atoms with E-state index in [9.17, 15) is 0 Å². The van der Waals surface area contributed by atoms with Gasteiger partial charge in [0, 0.05) is 12.6 Å². The van der Waals surface area contributed by atoms with Crippen molar-refractivity contribution in [2.75, 3.05) is 12.4 Å². The predicted molar refractivity (Wildman–Crippen MR) is 64.6 cm³/mol. The first-order valence-corrected chi connectivity index (χ1v) is 5.72. The van der Waals surface area contributed by atoms with Crippen LogP contribution in [0.4, 0.5) is 5.82 Å². The van der Waals surface area contributed by atoms with E-state index in [-0.39, 0.29) is 0 Å². The summed E-state index contributed by atoms with van der Waals surface area (Å²) in [6.07, 6.45) is 1.55. The van der Waals surface area contributed by atoms with Gasteiger partial charge in [-0.25, -0.2) is 9.97 Å². The highest BCUT2D eigenvalue weighted by molar-refractivity contribution is 7.14. The minimum absolute atomic E-state index is 0.740. The molecule has 0 unspecified atom stereocenters. The SMILES string of the molecule is CNc1ncnc(-c2sccc2Cl)c1C. The lowest BCUT2D eigenvalue weighted by molar-refractivity contribution is 1.13. The minimum Gasteiger partial charge on any atom is -0.373 e. The highest BCUT2D eigenvalue weighted by Gasteiger charge is 2.12. The molecule has 0 aliphatic carbocycles. The maximum absolute atomic E-state index is 6.07. The van der Waals surface area contributed by atoms with Gasteiger partial charge in [0.25, 0.3) is 0 Å². The van der Waals surface area contributed by atoms with Gasteiger partial charge >= 0.3 is 0 Å². The zero-order valence-electron chi connectivity index (χ0n) is 8.41. The van der Waals surface area contributed by atoms with Crippen LogP contribution in [0.5, 0.6) is 0 Å². The summed E-state index contributed by atoms with van der Waals surface area (Å²) in [5.74, 6) is 0.837. The molecule has 3 nitrogen and oxygen atoms in total. The molecule has 15 heavy (non-hydrogen) atoms. The molecule has 2 rings (SSSR count). The predicted octanol–water partition coefficient (Wildman–Crippen LogP) is 3.21. The van der Waals surface area contributed by atoms with Crippen LogP contribution in [0, 0.1) is 6.92 Å². The summed E-state index contributed by atoms with van der Waals surface area (Å²) in [7, 11) is 1.84. The highest BCUT2D eigenvalue weighted by Crippen LogP contribution is 2.34. The quantitative estimate of drug-likeness (QED) is 0.875. The van der Waals surface area contributed by atoms with Crippen molar-refractivity contribution in [3.05, 3.63) is 28.4 Å². The van der Waals surface area contributed by atoms with E-state index in [1.165, 1.54) is 0 Å². The zero-order valence-corrected chi connectivity index (χ0v) is 9.99. The molecule has 0 bridgehead atoms. The van der Waals surface area contributed by atoms with E-state index in [1.54, 1.807) is 17.7 Å². The number of rotatable bonds is 2. The fraction of sp³-hybridized carbons (Fsp3) is 0.200. The monoisotopic (exact) mass is 239 g/mol. The van der Waals surface area contributed by atoms with Crippen molar-refractivity contribution in [3.63, 3.8) is 0 Å². The summed E-state index contributed by atoms with van der Waals surface area (Å²) in [5.41, 5.74) is 1.92. The van der Waals surface area contributed by atoms with Crippen LogP contribution in [0.25, 0.3) is 10.6 Å².